The maximum Gasteiger partial charge on any atom is 0.424 e. The van der Waals surface area contributed by atoms with Gasteiger partial charge < -0.3 is 4.74 Å². The van der Waals surface area contributed by atoms with Gasteiger partial charge >= 0.3 is 6.09 Å². The molecule has 2 aromatic rings. The van der Waals surface area contributed by atoms with Crippen molar-refractivity contribution >= 4 is 32.0 Å². The van der Waals surface area contributed by atoms with E-state index in [9.17, 15) is 13.2 Å². The molecule has 0 N–H and O–H groups in total. The van der Waals surface area contributed by atoms with Gasteiger partial charge in [-0.1, -0.05) is 52.3 Å². The number of rotatable bonds is 4. The molecule has 1 amide bonds. The molecule has 134 valence electrons. The summed E-state index contributed by atoms with van der Waals surface area (Å²) in [4.78, 5) is 12.6. The highest BCUT2D eigenvalue weighted by Gasteiger charge is 2.33. The van der Waals surface area contributed by atoms with Gasteiger partial charge in [0, 0.05) is 4.47 Å². The van der Waals surface area contributed by atoms with E-state index in [1.807, 2.05) is 6.07 Å². The summed E-state index contributed by atoms with van der Waals surface area (Å²) in [7, 11) is -4.06. The average Bonchev–Trinajstić information content (AvgIpc) is 2.51. The SMILES string of the molecule is CC(C)(C)OC(=O)N(Cc1ccccc1)S(=O)(=O)c1cccc(Br)c1. The lowest BCUT2D eigenvalue weighted by Crippen LogP contribution is -2.40. The maximum atomic E-state index is 13.0. The Morgan fingerprint density at radius 3 is 2.28 bits per heavy atom. The predicted octanol–water partition coefficient (Wildman–Crippen LogP) is 4.58. The van der Waals surface area contributed by atoms with Crippen molar-refractivity contribution in [3.8, 4) is 0 Å². The van der Waals surface area contributed by atoms with Crippen molar-refractivity contribution in [3.05, 3.63) is 64.6 Å². The molecule has 0 saturated heterocycles. The van der Waals surface area contributed by atoms with Crippen LogP contribution in [0.4, 0.5) is 4.79 Å². The Hall–Kier alpha value is -1.86. The molecule has 0 spiro atoms. The summed E-state index contributed by atoms with van der Waals surface area (Å²) in [5.74, 6) is 0. The predicted molar refractivity (Wildman–Crippen MR) is 99.5 cm³/mol. The number of halogens is 1. The van der Waals surface area contributed by atoms with Gasteiger partial charge in [0.25, 0.3) is 10.0 Å². The molecule has 2 aromatic carbocycles. The highest BCUT2D eigenvalue weighted by atomic mass is 79.9. The van der Waals surface area contributed by atoms with Crippen LogP contribution >= 0.6 is 15.9 Å². The smallest absolute Gasteiger partial charge is 0.424 e. The van der Waals surface area contributed by atoms with E-state index < -0.39 is 21.7 Å². The molecule has 0 aliphatic rings. The van der Waals surface area contributed by atoms with Crippen molar-refractivity contribution in [1.82, 2.24) is 4.31 Å². The Bertz CT molecular complexity index is 845. The third-order valence-corrected chi connectivity index (χ3v) is 5.35. The fourth-order valence-electron chi connectivity index (χ4n) is 2.06. The maximum absolute atomic E-state index is 13.0. The number of benzene rings is 2. The summed E-state index contributed by atoms with van der Waals surface area (Å²) < 4.78 is 32.7. The van der Waals surface area contributed by atoms with Crippen LogP contribution in [0.15, 0.2) is 64.0 Å². The number of ether oxygens (including phenoxy) is 1. The van der Waals surface area contributed by atoms with Crippen molar-refractivity contribution in [2.45, 2.75) is 37.8 Å². The minimum Gasteiger partial charge on any atom is -0.443 e. The fraction of sp³-hybridized carbons (Fsp3) is 0.278. The molecule has 0 unspecified atom stereocenters. The number of hydrogen-bond donors (Lipinski definition) is 0. The Labute approximate surface area is 156 Å². The van der Waals surface area contributed by atoms with E-state index in [-0.39, 0.29) is 11.4 Å². The van der Waals surface area contributed by atoms with Crippen LogP contribution in [-0.4, -0.2) is 24.4 Å². The molecule has 0 aliphatic carbocycles. The van der Waals surface area contributed by atoms with Crippen molar-refractivity contribution in [1.29, 1.82) is 0 Å². The third-order valence-electron chi connectivity index (χ3n) is 3.15. The Morgan fingerprint density at radius 2 is 1.72 bits per heavy atom. The molecule has 0 heterocycles. The summed E-state index contributed by atoms with van der Waals surface area (Å²) in [6.45, 7) is 4.97. The summed E-state index contributed by atoms with van der Waals surface area (Å²) in [6, 6.07) is 15.1. The number of nitrogens with zero attached hydrogens (tertiary/aromatic N) is 1. The zero-order valence-electron chi connectivity index (χ0n) is 14.3. The van der Waals surface area contributed by atoms with Crippen LogP contribution in [0.1, 0.15) is 26.3 Å². The lowest BCUT2D eigenvalue weighted by Gasteiger charge is -2.27. The van der Waals surface area contributed by atoms with Gasteiger partial charge in [-0.3, -0.25) is 0 Å². The van der Waals surface area contributed by atoms with Crippen LogP contribution in [-0.2, 0) is 21.3 Å². The zero-order chi connectivity index (χ0) is 18.7. The standard InChI is InChI=1S/C18H20BrNO4S/c1-18(2,3)24-17(21)20(13-14-8-5-4-6-9-14)25(22,23)16-11-7-10-15(19)12-16/h4-12H,13H2,1-3H3. The minimum absolute atomic E-state index is 0.0173. The van der Waals surface area contributed by atoms with Gasteiger partial charge in [0.15, 0.2) is 0 Å². The van der Waals surface area contributed by atoms with Crippen LogP contribution in [0.3, 0.4) is 0 Å². The van der Waals surface area contributed by atoms with E-state index in [0.717, 1.165) is 4.31 Å². The van der Waals surface area contributed by atoms with Gasteiger partial charge in [-0.2, -0.15) is 4.31 Å². The first-order valence-electron chi connectivity index (χ1n) is 7.65. The number of amides is 1. The van der Waals surface area contributed by atoms with Gasteiger partial charge in [0.05, 0.1) is 11.4 Å². The Balaban J connectivity index is 2.44. The van der Waals surface area contributed by atoms with Crippen molar-refractivity contribution in [2.75, 3.05) is 0 Å². The summed E-state index contributed by atoms with van der Waals surface area (Å²) in [5, 5.41) is 0. The first-order chi connectivity index (χ1) is 11.6. The number of sulfonamides is 1. The quantitative estimate of drug-likeness (QED) is 0.718. The first kappa shape index (κ1) is 19.5. The van der Waals surface area contributed by atoms with E-state index in [1.165, 1.54) is 12.1 Å². The van der Waals surface area contributed by atoms with Gasteiger partial charge in [0.1, 0.15) is 5.60 Å². The Morgan fingerprint density at radius 1 is 1.08 bits per heavy atom. The van der Waals surface area contributed by atoms with Gasteiger partial charge in [-0.25, -0.2) is 13.2 Å². The molecule has 2 rings (SSSR count). The molecular formula is C18H20BrNO4S. The Kier molecular flexibility index (Phi) is 5.90. The van der Waals surface area contributed by atoms with Crippen LogP contribution in [0, 0.1) is 0 Å². The molecule has 7 heteroatoms. The van der Waals surface area contributed by atoms with Crippen LogP contribution in [0.2, 0.25) is 0 Å². The lowest BCUT2D eigenvalue weighted by molar-refractivity contribution is 0.0381. The van der Waals surface area contributed by atoms with E-state index in [4.69, 9.17) is 4.74 Å². The van der Waals surface area contributed by atoms with E-state index >= 15 is 0 Å². The highest BCUT2D eigenvalue weighted by molar-refractivity contribution is 9.10. The minimum atomic E-state index is -4.06. The second-order valence-electron chi connectivity index (χ2n) is 6.43. The summed E-state index contributed by atoms with van der Waals surface area (Å²) in [5.41, 5.74) is -0.120. The summed E-state index contributed by atoms with van der Waals surface area (Å²) in [6.07, 6.45) is -0.906. The lowest BCUT2D eigenvalue weighted by atomic mass is 10.2. The van der Waals surface area contributed by atoms with Crippen molar-refractivity contribution in [3.63, 3.8) is 0 Å². The molecule has 0 fully saturated rings. The largest absolute Gasteiger partial charge is 0.443 e. The number of hydrogen-bond acceptors (Lipinski definition) is 4. The highest BCUT2D eigenvalue weighted by Crippen LogP contribution is 2.24. The van der Waals surface area contributed by atoms with E-state index in [2.05, 4.69) is 15.9 Å². The molecular weight excluding hydrogens is 406 g/mol. The molecule has 5 nitrogen and oxygen atoms in total. The molecule has 0 aliphatic heterocycles. The van der Waals surface area contributed by atoms with Gasteiger partial charge in [-0.15, -0.1) is 0 Å². The zero-order valence-corrected chi connectivity index (χ0v) is 16.7. The van der Waals surface area contributed by atoms with Crippen molar-refractivity contribution < 1.29 is 17.9 Å². The molecule has 0 radical (unpaired) electrons. The van der Waals surface area contributed by atoms with Crippen LogP contribution in [0.25, 0.3) is 0 Å². The topological polar surface area (TPSA) is 63.7 Å². The van der Waals surface area contributed by atoms with Crippen LogP contribution in [0.5, 0.6) is 0 Å². The normalized spacial score (nSPS) is 11.8. The van der Waals surface area contributed by atoms with Crippen LogP contribution < -0.4 is 0 Å². The molecule has 0 saturated carbocycles. The molecule has 0 aromatic heterocycles. The number of carbonyl (C=O) groups is 1. The first-order valence-corrected chi connectivity index (χ1v) is 9.88. The second kappa shape index (κ2) is 7.58. The van der Waals surface area contributed by atoms with Gasteiger partial charge in [-0.05, 0) is 44.5 Å². The van der Waals surface area contributed by atoms with Gasteiger partial charge in [0.2, 0.25) is 0 Å². The molecule has 0 bridgehead atoms. The van der Waals surface area contributed by atoms with E-state index in [1.54, 1.807) is 57.2 Å². The molecule has 25 heavy (non-hydrogen) atoms. The number of carbonyl (C=O) groups excluding carboxylic acids is 1. The second-order valence-corrected chi connectivity index (χ2v) is 9.21. The fourth-order valence-corrected chi connectivity index (χ4v) is 3.95. The van der Waals surface area contributed by atoms with Crippen molar-refractivity contribution in [2.24, 2.45) is 0 Å². The molecule has 0 atom stereocenters. The average molecular weight is 426 g/mol. The third kappa shape index (κ3) is 5.31. The monoisotopic (exact) mass is 425 g/mol. The summed E-state index contributed by atoms with van der Waals surface area (Å²) >= 11 is 3.26. The van der Waals surface area contributed by atoms with E-state index in [0.29, 0.717) is 10.0 Å².